The fourth-order valence-electron chi connectivity index (χ4n) is 2.66. The number of hydrogen-bond acceptors (Lipinski definition) is 4. The van der Waals surface area contributed by atoms with Gasteiger partial charge in [-0.05, 0) is 24.6 Å². The number of rotatable bonds is 3. The second kappa shape index (κ2) is 5.48. The lowest BCUT2D eigenvalue weighted by Gasteiger charge is -2.28. The summed E-state index contributed by atoms with van der Waals surface area (Å²) in [6.07, 6.45) is 0. The molecule has 2 N–H and O–H groups in total. The molecule has 0 amide bonds. The Hall–Kier alpha value is -2.49. The maximum Gasteiger partial charge on any atom is 0.196 e. The molecule has 4 nitrogen and oxygen atoms in total. The minimum atomic E-state index is 0.113. The summed E-state index contributed by atoms with van der Waals surface area (Å²) < 4.78 is 5.46. The lowest BCUT2D eigenvalue weighted by molar-refractivity contribution is 0.415. The molecule has 3 rings (SSSR count). The van der Waals surface area contributed by atoms with E-state index in [9.17, 15) is 0 Å². The largest absolute Gasteiger partial charge is 0.495 e. The van der Waals surface area contributed by atoms with Crippen LogP contribution in [0.2, 0.25) is 0 Å². The molecule has 0 aromatic heterocycles. The molecule has 1 aliphatic rings. The molecule has 0 radical (unpaired) electrons. The first kappa shape index (κ1) is 13.5. The summed E-state index contributed by atoms with van der Waals surface area (Å²) in [5.74, 6) is 1.33. The summed E-state index contributed by atoms with van der Waals surface area (Å²) in [7, 11) is 1.67. The quantitative estimate of drug-likeness (QED) is 0.941. The van der Waals surface area contributed by atoms with Gasteiger partial charge >= 0.3 is 0 Å². The summed E-state index contributed by atoms with van der Waals surface area (Å²) in [6.45, 7) is 2.74. The van der Waals surface area contributed by atoms with Crippen LogP contribution in [0.5, 0.6) is 5.75 Å². The van der Waals surface area contributed by atoms with Crippen molar-refractivity contribution in [2.45, 2.75) is 13.0 Å². The van der Waals surface area contributed by atoms with Gasteiger partial charge < -0.3 is 10.5 Å². The predicted molar refractivity (Wildman–Crippen MR) is 85.9 cm³/mol. The van der Waals surface area contributed by atoms with Gasteiger partial charge in [0.2, 0.25) is 0 Å². The Bertz CT molecular complexity index is 664. The van der Waals surface area contributed by atoms with Gasteiger partial charge in [0.15, 0.2) is 5.96 Å². The summed E-state index contributed by atoms with van der Waals surface area (Å²) in [5, 5.41) is 0. The van der Waals surface area contributed by atoms with Crippen molar-refractivity contribution in [1.82, 2.24) is 0 Å². The average Bonchev–Trinajstić information content (AvgIpc) is 2.89. The topological polar surface area (TPSA) is 50.9 Å². The highest BCUT2D eigenvalue weighted by Crippen LogP contribution is 2.36. The number of aryl methyl sites for hydroxylation is 1. The van der Waals surface area contributed by atoms with Crippen LogP contribution in [0.3, 0.4) is 0 Å². The van der Waals surface area contributed by atoms with Crippen molar-refractivity contribution in [3.05, 3.63) is 59.7 Å². The Kier molecular flexibility index (Phi) is 3.52. The molecule has 1 aliphatic heterocycles. The van der Waals surface area contributed by atoms with E-state index in [1.54, 1.807) is 7.11 Å². The van der Waals surface area contributed by atoms with E-state index in [1.807, 2.05) is 29.2 Å². The third kappa shape index (κ3) is 2.44. The zero-order valence-corrected chi connectivity index (χ0v) is 12.3. The van der Waals surface area contributed by atoms with E-state index in [-0.39, 0.29) is 6.04 Å². The minimum absolute atomic E-state index is 0.113. The Morgan fingerprint density at radius 2 is 1.86 bits per heavy atom. The van der Waals surface area contributed by atoms with Crippen LogP contribution in [0, 0.1) is 6.92 Å². The first-order valence-electron chi connectivity index (χ1n) is 6.99. The molecule has 2 aromatic rings. The summed E-state index contributed by atoms with van der Waals surface area (Å²) in [6, 6.07) is 16.5. The number of guanidine groups is 1. The van der Waals surface area contributed by atoms with Gasteiger partial charge in [0.05, 0.1) is 25.4 Å². The molecule has 4 heteroatoms. The van der Waals surface area contributed by atoms with Gasteiger partial charge in [-0.2, -0.15) is 0 Å². The van der Waals surface area contributed by atoms with Crippen molar-refractivity contribution in [2.24, 2.45) is 10.7 Å². The maximum atomic E-state index is 6.11. The zero-order valence-electron chi connectivity index (χ0n) is 12.3. The molecule has 1 unspecified atom stereocenters. The van der Waals surface area contributed by atoms with E-state index in [1.165, 1.54) is 11.1 Å². The fourth-order valence-corrected chi connectivity index (χ4v) is 2.66. The van der Waals surface area contributed by atoms with E-state index in [2.05, 4.69) is 36.2 Å². The highest BCUT2D eigenvalue weighted by molar-refractivity contribution is 5.98. The van der Waals surface area contributed by atoms with Crippen LogP contribution in [-0.4, -0.2) is 19.6 Å². The van der Waals surface area contributed by atoms with E-state index in [0.29, 0.717) is 12.5 Å². The summed E-state index contributed by atoms with van der Waals surface area (Å²) in [5.41, 5.74) is 9.51. The fraction of sp³-hybridized carbons (Fsp3) is 0.235. The summed E-state index contributed by atoms with van der Waals surface area (Å²) >= 11 is 0. The van der Waals surface area contributed by atoms with Crippen molar-refractivity contribution in [2.75, 3.05) is 18.6 Å². The van der Waals surface area contributed by atoms with E-state index in [0.717, 1.165) is 11.4 Å². The van der Waals surface area contributed by atoms with Crippen molar-refractivity contribution >= 4 is 11.6 Å². The van der Waals surface area contributed by atoms with Gasteiger partial charge in [0.1, 0.15) is 5.75 Å². The molecule has 0 bridgehead atoms. The molecule has 21 heavy (non-hydrogen) atoms. The molecule has 1 atom stereocenters. The van der Waals surface area contributed by atoms with E-state index < -0.39 is 0 Å². The average molecular weight is 281 g/mol. The molecule has 0 aliphatic carbocycles. The second-order valence-corrected chi connectivity index (χ2v) is 5.17. The van der Waals surface area contributed by atoms with Crippen LogP contribution in [0.4, 0.5) is 5.69 Å². The smallest absolute Gasteiger partial charge is 0.196 e. The lowest BCUT2D eigenvalue weighted by Crippen LogP contribution is -2.36. The van der Waals surface area contributed by atoms with Crippen molar-refractivity contribution in [3.63, 3.8) is 0 Å². The molecular weight excluding hydrogens is 262 g/mol. The van der Waals surface area contributed by atoms with Crippen LogP contribution in [0.15, 0.2) is 53.5 Å². The highest BCUT2D eigenvalue weighted by Gasteiger charge is 2.30. The monoisotopic (exact) mass is 281 g/mol. The number of nitrogens with two attached hydrogens (primary N) is 1. The van der Waals surface area contributed by atoms with Crippen LogP contribution >= 0.6 is 0 Å². The Balaban J connectivity index is 2.01. The van der Waals surface area contributed by atoms with Crippen LogP contribution < -0.4 is 15.4 Å². The Labute approximate surface area is 124 Å². The van der Waals surface area contributed by atoms with Crippen LogP contribution in [0.25, 0.3) is 0 Å². The zero-order chi connectivity index (χ0) is 14.8. The van der Waals surface area contributed by atoms with Gasteiger partial charge in [0.25, 0.3) is 0 Å². The number of methoxy groups -OCH3 is 1. The number of hydrogen-bond donors (Lipinski definition) is 1. The van der Waals surface area contributed by atoms with E-state index >= 15 is 0 Å². The molecule has 0 saturated heterocycles. The molecule has 108 valence electrons. The van der Waals surface area contributed by atoms with Gasteiger partial charge in [-0.25, -0.2) is 0 Å². The Morgan fingerprint density at radius 3 is 2.57 bits per heavy atom. The highest BCUT2D eigenvalue weighted by atomic mass is 16.5. The van der Waals surface area contributed by atoms with Gasteiger partial charge in [-0.1, -0.05) is 42.0 Å². The minimum Gasteiger partial charge on any atom is -0.495 e. The number of para-hydroxylation sites is 2. The second-order valence-electron chi connectivity index (χ2n) is 5.17. The molecular formula is C17H19N3O. The van der Waals surface area contributed by atoms with E-state index in [4.69, 9.17) is 10.5 Å². The molecule has 0 fully saturated rings. The molecule has 2 aromatic carbocycles. The first-order chi connectivity index (χ1) is 10.2. The van der Waals surface area contributed by atoms with Crippen molar-refractivity contribution < 1.29 is 4.74 Å². The standard InChI is InChI=1S/C17H19N3O/c1-12-7-9-13(10-8-12)15-11-19-17(18)20(15)14-5-3-4-6-16(14)21-2/h3-10,15H,11H2,1-2H3,(H2,18,19). The van der Waals surface area contributed by atoms with Gasteiger partial charge in [0, 0.05) is 0 Å². The number of nitrogens with zero attached hydrogens (tertiary/aromatic N) is 2. The third-order valence-electron chi connectivity index (χ3n) is 3.79. The van der Waals surface area contributed by atoms with Gasteiger partial charge in [-0.15, -0.1) is 0 Å². The number of anilines is 1. The van der Waals surface area contributed by atoms with Crippen molar-refractivity contribution in [1.29, 1.82) is 0 Å². The maximum absolute atomic E-state index is 6.11. The van der Waals surface area contributed by atoms with Crippen LogP contribution in [-0.2, 0) is 0 Å². The molecule has 0 saturated carbocycles. The number of ether oxygens (including phenoxy) is 1. The Morgan fingerprint density at radius 1 is 1.14 bits per heavy atom. The third-order valence-corrected chi connectivity index (χ3v) is 3.79. The van der Waals surface area contributed by atoms with Gasteiger partial charge in [-0.3, -0.25) is 9.89 Å². The predicted octanol–water partition coefficient (Wildman–Crippen LogP) is 2.88. The number of benzene rings is 2. The molecule has 1 heterocycles. The normalized spacial score (nSPS) is 17.7. The van der Waals surface area contributed by atoms with Crippen molar-refractivity contribution in [3.8, 4) is 5.75 Å². The lowest BCUT2D eigenvalue weighted by atomic mass is 10.0. The summed E-state index contributed by atoms with van der Waals surface area (Å²) in [4.78, 5) is 6.46. The van der Waals surface area contributed by atoms with Crippen LogP contribution in [0.1, 0.15) is 17.2 Å². The molecule has 0 spiro atoms. The number of aliphatic imine (C=N–C) groups is 1. The first-order valence-corrected chi connectivity index (χ1v) is 6.99. The SMILES string of the molecule is COc1ccccc1N1C(N)=NCC1c1ccc(C)cc1.